The summed E-state index contributed by atoms with van der Waals surface area (Å²) in [6, 6.07) is 16.2. The maximum Gasteiger partial charge on any atom is 0.324 e. The van der Waals surface area contributed by atoms with Crippen LogP contribution in [0.3, 0.4) is 0 Å². The number of aromatic nitrogens is 1. The normalized spacial score (nSPS) is 11.3. The number of anilines is 2. The number of rotatable bonds is 7. The first-order chi connectivity index (χ1) is 17.1. The summed E-state index contributed by atoms with van der Waals surface area (Å²) in [7, 11) is -4.40. The molecular weight excluding hydrogens is 549 g/mol. The van der Waals surface area contributed by atoms with Gasteiger partial charge >= 0.3 is 5.97 Å². The second-order valence-corrected chi connectivity index (χ2v) is 10.7. The van der Waals surface area contributed by atoms with E-state index in [0.717, 1.165) is 4.31 Å². The van der Waals surface area contributed by atoms with Crippen LogP contribution >= 0.6 is 34.8 Å². The molecule has 0 aliphatic heterocycles. The van der Waals surface area contributed by atoms with Crippen molar-refractivity contribution >= 4 is 78.8 Å². The quantitative estimate of drug-likeness (QED) is 0.296. The van der Waals surface area contributed by atoms with Crippen LogP contribution in [0.2, 0.25) is 15.1 Å². The van der Waals surface area contributed by atoms with Gasteiger partial charge in [-0.15, -0.1) is 0 Å². The Bertz CT molecular complexity index is 1590. The number of aliphatic carboxylic acids is 1. The minimum atomic E-state index is -4.40. The number of sulfonamides is 1. The standard InChI is InChI=1S/C24H16Cl3N3O5S/c25-14-7-8-28-21(12-14)24(33)29-20-5-1-4-19-18(20)3-2-6-22(19)30(13-23(31)32)36(34,35)17-10-15(26)9-16(27)11-17/h1-12H,13H2,(H,29,33)(H,31,32). The summed E-state index contributed by atoms with van der Waals surface area (Å²) in [6.45, 7) is -0.866. The summed E-state index contributed by atoms with van der Waals surface area (Å²) in [4.78, 5) is 28.2. The van der Waals surface area contributed by atoms with Crippen molar-refractivity contribution in [3.05, 3.63) is 93.7 Å². The minimum Gasteiger partial charge on any atom is -0.480 e. The average molecular weight is 565 g/mol. The number of carboxylic acid groups (broad SMARTS) is 1. The number of nitrogens with zero attached hydrogens (tertiary/aromatic N) is 2. The van der Waals surface area contributed by atoms with E-state index in [1.54, 1.807) is 30.3 Å². The lowest BCUT2D eigenvalue weighted by Crippen LogP contribution is -2.36. The van der Waals surface area contributed by atoms with E-state index in [9.17, 15) is 23.1 Å². The first kappa shape index (κ1) is 25.7. The zero-order valence-corrected chi connectivity index (χ0v) is 21.2. The average Bonchev–Trinajstić information content (AvgIpc) is 2.81. The van der Waals surface area contributed by atoms with Gasteiger partial charge in [0.25, 0.3) is 15.9 Å². The second kappa shape index (κ2) is 10.3. The van der Waals surface area contributed by atoms with Gasteiger partial charge in [-0.1, -0.05) is 59.1 Å². The van der Waals surface area contributed by atoms with Crippen LogP contribution in [-0.2, 0) is 14.8 Å². The van der Waals surface area contributed by atoms with Gasteiger partial charge in [-0.3, -0.25) is 18.9 Å². The van der Waals surface area contributed by atoms with Gasteiger partial charge in [-0.2, -0.15) is 0 Å². The Balaban J connectivity index is 1.83. The predicted molar refractivity (Wildman–Crippen MR) is 140 cm³/mol. The van der Waals surface area contributed by atoms with Crippen molar-refractivity contribution in [3.63, 3.8) is 0 Å². The van der Waals surface area contributed by atoms with Crippen LogP contribution < -0.4 is 9.62 Å². The van der Waals surface area contributed by atoms with Crippen molar-refractivity contribution in [1.29, 1.82) is 0 Å². The second-order valence-electron chi connectivity index (χ2n) is 7.50. The predicted octanol–water partition coefficient (Wildman–Crippen LogP) is 5.73. The molecule has 0 saturated heterocycles. The zero-order chi connectivity index (χ0) is 26.0. The van der Waals surface area contributed by atoms with E-state index in [4.69, 9.17) is 34.8 Å². The number of carboxylic acids is 1. The van der Waals surface area contributed by atoms with Gasteiger partial charge in [-0.05, 0) is 42.5 Å². The SMILES string of the molecule is O=C(O)CN(c1cccc2c(NC(=O)c3cc(Cl)ccn3)cccc12)S(=O)(=O)c1cc(Cl)cc(Cl)c1. The van der Waals surface area contributed by atoms with Crippen LogP contribution in [0.25, 0.3) is 10.8 Å². The van der Waals surface area contributed by atoms with Crippen molar-refractivity contribution in [2.45, 2.75) is 4.90 Å². The summed E-state index contributed by atoms with van der Waals surface area (Å²) in [5.74, 6) is -1.90. The fourth-order valence-corrected chi connectivity index (χ4v) is 5.88. The topological polar surface area (TPSA) is 117 Å². The Morgan fingerprint density at radius 1 is 0.889 bits per heavy atom. The first-order valence-electron chi connectivity index (χ1n) is 10.2. The Morgan fingerprint density at radius 2 is 1.56 bits per heavy atom. The molecule has 3 aromatic carbocycles. The Morgan fingerprint density at radius 3 is 2.22 bits per heavy atom. The van der Waals surface area contributed by atoms with Crippen LogP contribution in [-0.4, -0.2) is 36.9 Å². The Labute approximate surface area is 221 Å². The van der Waals surface area contributed by atoms with Crippen LogP contribution in [0.5, 0.6) is 0 Å². The number of carbonyl (C=O) groups is 2. The largest absolute Gasteiger partial charge is 0.480 e. The molecule has 184 valence electrons. The fourth-order valence-electron chi connectivity index (χ4n) is 3.56. The van der Waals surface area contributed by atoms with Crippen molar-refractivity contribution in [2.75, 3.05) is 16.2 Å². The summed E-state index contributed by atoms with van der Waals surface area (Å²) in [6.07, 6.45) is 1.40. The van der Waals surface area contributed by atoms with Gasteiger partial charge in [0.1, 0.15) is 12.2 Å². The molecule has 2 N–H and O–H groups in total. The van der Waals surface area contributed by atoms with E-state index in [0.29, 0.717) is 21.5 Å². The molecule has 0 aliphatic rings. The third kappa shape index (κ3) is 5.39. The third-order valence-electron chi connectivity index (χ3n) is 5.07. The van der Waals surface area contributed by atoms with Gasteiger partial charge in [-0.25, -0.2) is 8.42 Å². The van der Waals surface area contributed by atoms with E-state index >= 15 is 0 Å². The maximum absolute atomic E-state index is 13.6. The zero-order valence-electron chi connectivity index (χ0n) is 18.2. The summed E-state index contributed by atoms with van der Waals surface area (Å²) in [5.41, 5.74) is 0.533. The van der Waals surface area contributed by atoms with Crippen molar-refractivity contribution in [3.8, 4) is 0 Å². The fraction of sp³-hybridized carbons (Fsp3) is 0.0417. The van der Waals surface area contributed by atoms with E-state index in [-0.39, 0.29) is 26.3 Å². The van der Waals surface area contributed by atoms with E-state index in [2.05, 4.69) is 10.3 Å². The smallest absolute Gasteiger partial charge is 0.324 e. The molecule has 8 nitrogen and oxygen atoms in total. The van der Waals surface area contributed by atoms with Gasteiger partial charge < -0.3 is 10.4 Å². The number of benzene rings is 3. The van der Waals surface area contributed by atoms with Crippen molar-refractivity contribution < 1.29 is 23.1 Å². The lowest BCUT2D eigenvalue weighted by Gasteiger charge is -2.25. The molecule has 0 spiro atoms. The van der Waals surface area contributed by atoms with Crippen LogP contribution in [0.15, 0.2) is 77.8 Å². The molecule has 1 amide bonds. The van der Waals surface area contributed by atoms with Gasteiger partial charge in [0, 0.05) is 37.7 Å². The lowest BCUT2D eigenvalue weighted by molar-refractivity contribution is -0.135. The molecule has 0 bridgehead atoms. The van der Waals surface area contributed by atoms with Gasteiger partial charge in [0.2, 0.25) is 0 Å². The third-order valence-corrected chi connectivity index (χ3v) is 7.48. The molecule has 0 fully saturated rings. The molecule has 0 radical (unpaired) electrons. The van der Waals surface area contributed by atoms with Crippen LogP contribution in [0, 0.1) is 0 Å². The number of pyridine rings is 1. The number of nitrogens with one attached hydrogen (secondary N) is 1. The van der Waals surface area contributed by atoms with Crippen LogP contribution in [0.1, 0.15) is 10.5 Å². The number of fused-ring (bicyclic) bond motifs is 1. The van der Waals surface area contributed by atoms with E-state index < -0.39 is 28.4 Å². The highest BCUT2D eigenvalue weighted by Gasteiger charge is 2.29. The van der Waals surface area contributed by atoms with E-state index in [1.807, 2.05) is 0 Å². The van der Waals surface area contributed by atoms with E-state index in [1.165, 1.54) is 42.6 Å². The van der Waals surface area contributed by atoms with Crippen LogP contribution in [0.4, 0.5) is 11.4 Å². The molecule has 36 heavy (non-hydrogen) atoms. The van der Waals surface area contributed by atoms with Crippen molar-refractivity contribution in [2.24, 2.45) is 0 Å². The molecule has 0 saturated carbocycles. The monoisotopic (exact) mass is 563 g/mol. The summed E-state index contributed by atoms with van der Waals surface area (Å²) in [5, 5.41) is 13.6. The van der Waals surface area contributed by atoms with Crippen molar-refractivity contribution in [1.82, 2.24) is 4.98 Å². The highest BCUT2D eigenvalue weighted by molar-refractivity contribution is 7.93. The first-order valence-corrected chi connectivity index (χ1v) is 12.8. The minimum absolute atomic E-state index is 0.0777. The van der Waals surface area contributed by atoms with Gasteiger partial charge in [0.05, 0.1) is 10.6 Å². The summed E-state index contributed by atoms with van der Waals surface area (Å²) >= 11 is 17.9. The molecule has 12 heteroatoms. The molecule has 1 heterocycles. The number of halogens is 3. The molecule has 4 rings (SSSR count). The Kier molecular flexibility index (Phi) is 7.37. The maximum atomic E-state index is 13.6. The lowest BCUT2D eigenvalue weighted by atomic mass is 10.1. The van der Waals surface area contributed by atoms with Gasteiger partial charge in [0.15, 0.2) is 0 Å². The molecular formula is C24H16Cl3N3O5S. The number of hydrogen-bond donors (Lipinski definition) is 2. The number of hydrogen-bond acceptors (Lipinski definition) is 5. The summed E-state index contributed by atoms with van der Waals surface area (Å²) < 4.78 is 27.9. The molecule has 0 atom stereocenters. The molecule has 0 unspecified atom stereocenters. The molecule has 0 aliphatic carbocycles. The molecule has 4 aromatic rings. The highest BCUT2D eigenvalue weighted by Crippen LogP contribution is 2.35. The Hall–Kier alpha value is -3.37. The number of carbonyl (C=O) groups excluding carboxylic acids is 1. The molecule has 1 aromatic heterocycles. The highest BCUT2D eigenvalue weighted by atomic mass is 35.5. The number of amides is 1.